The first-order chi connectivity index (χ1) is 12.9. The molecule has 0 aliphatic rings. The molecule has 0 aliphatic heterocycles. The zero-order chi connectivity index (χ0) is 19.4. The second kappa shape index (κ2) is 8.03. The number of rotatable bonds is 6. The minimum Gasteiger partial charge on any atom is -0.356 e. The minimum atomic E-state index is -0.392. The van der Waals surface area contributed by atoms with Gasteiger partial charge in [-0.05, 0) is 6.92 Å². The number of urea groups is 1. The highest BCUT2D eigenvalue weighted by atomic mass is 16.5. The van der Waals surface area contributed by atoms with Crippen LogP contribution in [0.15, 0.2) is 45.4 Å². The molecule has 0 bridgehead atoms. The van der Waals surface area contributed by atoms with Crippen LogP contribution in [-0.2, 0) is 6.54 Å². The minimum absolute atomic E-state index is 0.166. The first-order valence-corrected chi connectivity index (χ1v) is 8.80. The van der Waals surface area contributed by atoms with Crippen LogP contribution < -0.4 is 5.32 Å². The molecule has 8 heteroatoms. The molecular formula is C19H23N5O3. The third kappa shape index (κ3) is 4.52. The lowest BCUT2D eigenvalue weighted by molar-refractivity contribution is 0.199. The summed E-state index contributed by atoms with van der Waals surface area (Å²) in [6.45, 7) is 6.07. The second-order valence-corrected chi connectivity index (χ2v) is 6.72. The third-order valence-electron chi connectivity index (χ3n) is 4.05. The van der Waals surface area contributed by atoms with Crippen LogP contribution in [0.4, 0.5) is 4.79 Å². The van der Waals surface area contributed by atoms with Gasteiger partial charge < -0.3 is 19.3 Å². The van der Waals surface area contributed by atoms with E-state index >= 15 is 0 Å². The molecule has 3 rings (SSSR count). The van der Waals surface area contributed by atoms with Crippen LogP contribution in [0.2, 0.25) is 0 Å². The van der Waals surface area contributed by atoms with E-state index in [2.05, 4.69) is 20.6 Å². The van der Waals surface area contributed by atoms with Crippen molar-refractivity contribution >= 4 is 6.03 Å². The van der Waals surface area contributed by atoms with Gasteiger partial charge in [-0.1, -0.05) is 54.5 Å². The van der Waals surface area contributed by atoms with Gasteiger partial charge in [-0.2, -0.15) is 4.98 Å². The Balaban J connectivity index is 1.58. The Labute approximate surface area is 157 Å². The van der Waals surface area contributed by atoms with Crippen LogP contribution in [0.5, 0.6) is 0 Å². The molecule has 0 saturated heterocycles. The molecule has 3 aromatic rings. The highest BCUT2D eigenvalue weighted by Crippen LogP contribution is 2.20. The number of nitrogens with zero attached hydrogens (tertiary/aromatic N) is 4. The first kappa shape index (κ1) is 18.6. The molecule has 0 unspecified atom stereocenters. The summed E-state index contributed by atoms with van der Waals surface area (Å²) in [5.41, 5.74) is 1.60. The summed E-state index contributed by atoms with van der Waals surface area (Å²) < 4.78 is 10.6. The predicted molar refractivity (Wildman–Crippen MR) is 98.7 cm³/mol. The molecule has 1 atom stereocenters. The van der Waals surface area contributed by atoms with E-state index in [1.54, 1.807) is 14.0 Å². The zero-order valence-corrected chi connectivity index (χ0v) is 15.8. The molecule has 142 valence electrons. The van der Waals surface area contributed by atoms with E-state index in [-0.39, 0.29) is 11.9 Å². The molecule has 2 amide bonds. The van der Waals surface area contributed by atoms with Crippen LogP contribution in [0.1, 0.15) is 50.1 Å². The molecule has 2 aromatic heterocycles. The zero-order valence-electron chi connectivity index (χ0n) is 15.8. The van der Waals surface area contributed by atoms with E-state index in [9.17, 15) is 4.79 Å². The number of nitrogens with one attached hydrogen (secondary N) is 1. The molecule has 0 radical (unpaired) electrons. The van der Waals surface area contributed by atoms with Gasteiger partial charge in [0.1, 0.15) is 11.7 Å². The Kier molecular flexibility index (Phi) is 5.54. The van der Waals surface area contributed by atoms with E-state index in [0.29, 0.717) is 29.7 Å². The summed E-state index contributed by atoms with van der Waals surface area (Å²) in [4.78, 5) is 18.2. The maximum absolute atomic E-state index is 12.4. The van der Waals surface area contributed by atoms with Crippen LogP contribution in [0.3, 0.4) is 0 Å². The molecule has 1 aromatic carbocycles. The van der Waals surface area contributed by atoms with Gasteiger partial charge in [-0.25, -0.2) is 4.79 Å². The quantitative estimate of drug-likeness (QED) is 0.711. The third-order valence-corrected chi connectivity index (χ3v) is 4.05. The van der Waals surface area contributed by atoms with Gasteiger partial charge in [-0.15, -0.1) is 0 Å². The van der Waals surface area contributed by atoms with Gasteiger partial charge in [0.05, 0.1) is 6.54 Å². The predicted octanol–water partition coefficient (Wildman–Crippen LogP) is 3.75. The van der Waals surface area contributed by atoms with Crippen molar-refractivity contribution in [3.63, 3.8) is 0 Å². The fourth-order valence-electron chi connectivity index (χ4n) is 2.45. The number of benzene rings is 1. The normalized spacial score (nSPS) is 12.2. The van der Waals surface area contributed by atoms with Crippen molar-refractivity contribution in [3.8, 4) is 11.3 Å². The molecule has 1 N–H and O–H groups in total. The van der Waals surface area contributed by atoms with Crippen LogP contribution in [-0.4, -0.2) is 33.3 Å². The smallest absolute Gasteiger partial charge is 0.318 e. The number of carbonyl (C=O) groups excluding carboxylic acids is 1. The average Bonchev–Trinajstić information content (AvgIpc) is 3.32. The number of amides is 2. The first-order valence-electron chi connectivity index (χ1n) is 8.80. The molecule has 0 spiro atoms. The highest BCUT2D eigenvalue weighted by molar-refractivity contribution is 5.74. The van der Waals surface area contributed by atoms with E-state index in [4.69, 9.17) is 9.05 Å². The SMILES string of the molecule is CC(C)c1noc([C@H](C)NC(=O)N(C)Cc2cc(-c3ccccc3)on2)n1. The Morgan fingerprint density at radius 2 is 1.89 bits per heavy atom. The summed E-state index contributed by atoms with van der Waals surface area (Å²) in [7, 11) is 1.69. The molecular weight excluding hydrogens is 346 g/mol. The fourth-order valence-corrected chi connectivity index (χ4v) is 2.45. The van der Waals surface area contributed by atoms with Crippen molar-refractivity contribution in [2.45, 2.75) is 39.3 Å². The van der Waals surface area contributed by atoms with Crippen molar-refractivity contribution in [3.05, 3.63) is 53.8 Å². The maximum atomic E-state index is 12.4. The van der Waals surface area contributed by atoms with Crippen molar-refractivity contribution in [2.75, 3.05) is 7.05 Å². The van der Waals surface area contributed by atoms with Crippen molar-refractivity contribution in [1.29, 1.82) is 0 Å². The molecule has 8 nitrogen and oxygen atoms in total. The van der Waals surface area contributed by atoms with Crippen LogP contribution in [0, 0.1) is 0 Å². The Morgan fingerprint density at radius 3 is 2.56 bits per heavy atom. The van der Waals surface area contributed by atoms with Crippen LogP contribution >= 0.6 is 0 Å². The number of carbonyl (C=O) groups is 1. The lowest BCUT2D eigenvalue weighted by Gasteiger charge is -2.18. The molecule has 0 aliphatic carbocycles. The fraction of sp³-hybridized carbons (Fsp3) is 0.368. The number of hydrogen-bond acceptors (Lipinski definition) is 6. The standard InChI is InChI=1S/C19H23N5O3/c1-12(2)17-21-18(27-23-17)13(3)20-19(25)24(4)11-15-10-16(26-22-15)14-8-6-5-7-9-14/h5-10,12-13H,11H2,1-4H3,(H,20,25)/t13-/m0/s1. The van der Waals surface area contributed by atoms with E-state index < -0.39 is 6.04 Å². The van der Waals surface area contributed by atoms with E-state index in [1.807, 2.05) is 50.2 Å². The lowest BCUT2D eigenvalue weighted by Crippen LogP contribution is -2.38. The summed E-state index contributed by atoms with van der Waals surface area (Å²) in [5, 5.41) is 10.8. The lowest BCUT2D eigenvalue weighted by atomic mass is 10.1. The van der Waals surface area contributed by atoms with Crippen molar-refractivity contribution in [2.24, 2.45) is 0 Å². The Bertz CT molecular complexity index is 888. The molecule has 2 heterocycles. The summed E-state index contributed by atoms with van der Waals surface area (Å²) in [5.74, 6) is 1.84. The van der Waals surface area contributed by atoms with E-state index in [0.717, 1.165) is 5.56 Å². The number of aromatic nitrogens is 3. The summed E-state index contributed by atoms with van der Waals surface area (Å²) in [6.07, 6.45) is 0. The highest BCUT2D eigenvalue weighted by Gasteiger charge is 2.20. The summed E-state index contributed by atoms with van der Waals surface area (Å²) >= 11 is 0. The van der Waals surface area contributed by atoms with Gasteiger partial charge in [0, 0.05) is 24.6 Å². The van der Waals surface area contributed by atoms with Crippen LogP contribution in [0.25, 0.3) is 11.3 Å². The van der Waals surface area contributed by atoms with E-state index in [1.165, 1.54) is 4.90 Å². The molecule has 27 heavy (non-hydrogen) atoms. The van der Waals surface area contributed by atoms with Gasteiger partial charge in [0.25, 0.3) is 0 Å². The van der Waals surface area contributed by atoms with Gasteiger partial charge >= 0.3 is 6.03 Å². The maximum Gasteiger partial charge on any atom is 0.318 e. The molecule has 0 fully saturated rings. The Morgan fingerprint density at radius 1 is 1.15 bits per heavy atom. The van der Waals surface area contributed by atoms with Crippen molar-refractivity contribution in [1.82, 2.24) is 25.5 Å². The van der Waals surface area contributed by atoms with Gasteiger partial charge in [0.2, 0.25) is 5.89 Å². The monoisotopic (exact) mass is 369 g/mol. The average molecular weight is 369 g/mol. The van der Waals surface area contributed by atoms with Gasteiger partial charge in [0.15, 0.2) is 11.6 Å². The topological polar surface area (TPSA) is 97.3 Å². The Hall–Kier alpha value is -3.16. The van der Waals surface area contributed by atoms with Gasteiger partial charge in [-0.3, -0.25) is 0 Å². The molecule has 0 saturated carbocycles. The van der Waals surface area contributed by atoms with Crippen molar-refractivity contribution < 1.29 is 13.8 Å². The number of hydrogen-bond donors (Lipinski definition) is 1. The second-order valence-electron chi connectivity index (χ2n) is 6.72. The largest absolute Gasteiger partial charge is 0.356 e. The summed E-state index contributed by atoms with van der Waals surface area (Å²) in [6, 6.07) is 10.9.